The fourth-order valence-corrected chi connectivity index (χ4v) is 2.79. The van der Waals surface area contributed by atoms with Crippen molar-refractivity contribution in [2.75, 3.05) is 6.54 Å². The summed E-state index contributed by atoms with van der Waals surface area (Å²) < 4.78 is 27.9. The topological polar surface area (TPSA) is 71.3 Å². The molecule has 102 valence electrons. The molecule has 0 fully saturated rings. The lowest BCUT2D eigenvalue weighted by atomic mass is 10.1. The maximum absolute atomic E-state index is 11.9. The number of rotatable bonds is 5. The van der Waals surface area contributed by atoms with Gasteiger partial charge in [0.2, 0.25) is 10.0 Å². The lowest BCUT2D eigenvalue weighted by molar-refractivity contribution is 0.182. The molecule has 1 aromatic heterocycles. The molecule has 1 aromatic carbocycles. The highest BCUT2D eigenvalue weighted by atomic mass is 32.2. The lowest BCUT2D eigenvalue weighted by Gasteiger charge is -2.11. The fourth-order valence-electron chi connectivity index (χ4n) is 1.70. The lowest BCUT2D eigenvalue weighted by Crippen LogP contribution is -2.28. The van der Waals surface area contributed by atoms with E-state index in [1.807, 2.05) is 6.07 Å². The second-order valence-corrected chi connectivity index (χ2v) is 6.06. The minimum absolute atomic E-state index is 0.0543. The van der Waals surface area contributed by atoms with Crippen LogP contribution in [0.3, 0.4) is 0 Å². The minimum Gasteiger partial charge on any atom is -0.387 e. The van der Waals surface area contributed by atoms with Gasteiger partial charge in [0.1, 0.15) is 0 Å². The number of aliphatic hydroxyl groups is 1. The van der Waals surface area contributed by atoms with Gasteiger partial charge in [0.15, 0.2) is 0 Å². The third kappa shape index (κ3) is 3.44. The van der Waals surface area contributed by atoms with Crippen LogP contribution in [0.4, 0.5) is 0 Å². The summed E-state index contributed by atoms with van der Waals surface area (Å²) in [5.41, 5.74) is 0.679. The molecule has 2 rings (SSSR count). The van der Waals surface area contributed by atoms with Gasteiger partial charge in [0.25, 0.3) is 0 Å². The summed E-state index contributed by atoms with van der Waals surface area (Å²) in [4.78, 5) is 0.190. The quantitative estimate of drug-likeness (QED) is 0.859. The van der Waals surface area contributed by atoms with Crippen molar-refractivity contribution in [2.24, 2.45) is 7.05 Å². The molecule has 1 unspecified atom stereocenters. The number of hydrogen-bond acceptors (Lipinski definition) is 3. The molecule has 1 atom stereocenters. The number of nitrogens with zero attached hydrogens (tertiary/aromatic N) is 1. The molecule has 0 aliphatic rings. The van der Waals surface area contributed by atoms with Crippen molar-refractivity contribution in [3.05, 3.63) is 54.4 Å². The monoisotopic (exact) mass is 280 g/mol. The van der Waals surface area contributed by atoms with Crippen LogP contribution in [0, 0.1) is 0 Å². The van der Waals surface area contributed by atoms with Crippen molar-refractivity contribution in [1.82, 2.24) is 9.29 Å². The van der Waals surface area contributed by atoms with E-state index < -0.39 is 16.1 Å². The van der Waals surface area contributed by atoms with E-state index in [2.05, 4.69) is 4.72 Å². The first-order valence-corrected chi connectivity index (χ1v) is 7.32. The van der Waals surface area contributed by atoms with Crippen molar-refractivity contribution in [1.29, 1.82) is 0 Å². The Labute approximate surface area is 112 Å². The summed E-state index contributed by atoms with van der Waals surface area (Å²) in [5, 5.41) is 9.90. The largest absolute Gasteiger partial charge is 0.387 e. The van der Waals surface area contributed by atoms with Gasteiger partial charge < -0.3 is 9.67 Å². The van der Waals surface area contributed by atoms with Crippen molar-refractivity contribution in [2.45, 2.75) is 11.0 Å². The van der Waals surface area contributed by atoms with Crippen LogP contribution in [0.15, 0.2) is 53.7 Å². The molecule has 0 bridgehead atoms. The van der Waals surface area contributed by atoms with E-state index in [-0.39, 0.29) is 11.4 Å². The summed E-state index contributed by atoms with van der Waals surface area (Å²) in [6.45, 7) is -0.0543. The predicted molar refractivity (Wildman–Crippen MR) is 72.0 cm³/mol. The average molecular weight is 280 g/mol. The first-order valence-electron chi connectivity index (χ1n) is 5.84. The van der Waals surface area contributed by atoms with Crippen molar-refractivity contribution < 1.29 is 13.5 Å². The normalized spacial score (nSPS) is 13.4. The SMILES string of the molecule is Cn1ccc(S(=O)(=O)NCC(O)c2ccccc2)c1. The van der Waals surface area contributed by atoms with Gasteiger partial charge in [0, 0.05) is 26.0 Å². The molecule has 0 aliphatic heterocycles. The second-order valence-electron chi connectivity index (χ2n) is 4.29. The Kier molecular flexibility index (Phi) is 4.04. The van der Waals surface area contributed by atoms with E-state index in [1.165, 1.54) is 12.3 Å². The highest BCUT2D eigenvalue weighted by molar-refractivity contribution is 7.89. The number of aliphatic hydroxyl groups excluding tert-OH is 1. The summed E-state index contributed by atoms with van der Waals surface area (Å²) in [6.07, 6.45) is 2.30. The van der Waals surface area contributed by atoms with Gasteiger partial charge in [-0.3, -0.25) is 0 Å². The highest BCUT2D eigenvalue weighted by Gasteiger charge is 2.17. The van der Waals surface area contributed by atoms with Gasteiger partial charge in [-0.2, -0.15) is 0 Å². The standard InChI is InChI=1S/C13H16N2O3S/c1-15-8-7-12(10-15)19(17,18)14-9-13(16)11-5-3-2-4-6-11/h2-8,10,13-14,16H,9H2,1H3. The summed E-state index contributed by atoms with van der Waals surface area (Å²) in [6, 6.07) is 10.4. The summed E-state index contributed by atoms with van der Waals surface area (Å²) in [7, 11) is -1.83. The van der Waals surface area contributed by atoms with Crippen LogP contribution >= 0.6 is 0 Å². The van der Waals surface area contributed by atoms with Gasteiger partial charge in [-0.15, -0.1) is 0 Å². The molecule has 0 aliphatic carbocycles. The molecule has 2 N–H and O–H groups in total. The number of aryl methyl sites for hydroxylation is 1. The number of nitrogens with one attached hydrogen (secondary N) is 1. The Bertz CT molecular complexity index is 635. The van der Waals surface area contributed by atoms with Crippen LogP contribution < -0.4 is 4.72 Å². The van der Waals surface area contributed by atoms with E-state index in [4.69, 9.17) is 0 Å². The zero-order valence-corrected chi connectivity index (χ0v) is 11.3. The molecule has 6 heteroatoms. The third-order valence-electron chi connectivity index (χ3n) is 2.77. The first-order chi connectivity index (χ1) is 8.99. The maximum atomic E-state index is 11.9. The molecular formula is C13H16N2O3S. The Morgan fingerprint density at radius 1 is 1.26 bits per heavy atom. The zero-order valence-electron chi connectivity index (χ0n) is 10.5. The van der Waals surface area contributed by atoms with Gasteiger partial charge in [-0.25, -0.2) is 13.1 Å². The van der Waals surface area contributed by atoms with Crippen LogP contribution in [0.25, 0.3) is 0 Å². The van der Waals surface area contributed by atoms with Crippen molar-refractivity contribution in [3.63, 3.8) is 0 Å². The molecule has 2 aromatic rings. The molecule has 0 saturated heterocycles. The molecule has 0 spiro atoms. The predicted octanol–water partition coefficient (Wildman–Crippen LogP) is 1.04. The Balaban J connectivity index is 2.03. The van der Waals surface area contributed by atoms with E-state index in [1.54, 1.807) is 42.1 Å². The minimum atomic E-state index is -3.57. The van der Waals surface area contributed by atoms with E-state index >= 15 is 0 Å². The van der Waals surface area contributed by atoms with E-state index in [0.29, 0.717) is 5.56 Å². The average Bonchev–Trinajstić information content (AvgIpc) is 2.85. The molecule has 1 heterocycles. The van der Waals surface area contributed by atoms with Gasteiger partial charge in [0.05, 0.1) is 11.0 Å². The highest BCUT2D eigenvalue weighted by Crippen LogP contribution is 2.13. The third-order valence-corrected chi connectivity index (χ3v) is 4.17. The molecular weight excluding hydrogens is 264 g/mol. The zero-order chi connectivity index (χ0) is 13.9. The van der Waals surface area contributed by atoms with Crippen LogP contribution in [0.2, 0.25) is 0 Å². The van der Waals surface area contributed by atoms with Crippen LogP contribution in [-0.4, -0.2) is 24.6 Å². The Hall–Kier alpha value is -1.63. The first kappa shape index (κ1) is 13.8. The van der Waals surface area contributed by atoms with Crippen molar-refractivity contribution >= 4 is 10.0 Å². The number of aromatic nitrogens is 1. The van der Waals surface area contributed by atoms with E-state index in [0.717, 1.165) is 0 Å². The van der Waals surface area contributed by atoms with Crippen LogP contribution in [-0.2, 0) is 17.1 Å². The number of benzene rings is 1. The van der Waals surface area contributed by atoms with Crippen LogP contribution in [0.5, 0.6) is 0 Å². The van der Waals surface area contributed by atoms with Crippen molar-refractivity contribution in [3.8, 4) is 0 Å². The molecule has 0 amide bonds. The van der Waals surface area contributed by atoms with Gasteiger partial charge in [-0.1, -0.05) is 30.3 Å². The maximum Gasteiger partial charge on any atom is 0.242 e. The van der Waals surface area contributed by atoms with E-state index in [9.17, 15) is 13.5 Å². The molecule has 0 radical (unpaired) electrons. The number of sulfonamides is 1. The second kappa shape index (κ2) is 5.56. The van der Waals surface area contributed by atoms with Crippen LogP contribution in [0.1, 0.15) is 11.7 Å². The fraction of sp³-hybridized carbons (Fsp3) is 0.231. The molecule has 19 heavy (non-hydrogen) atoms. The van der Waals surface area contributed by atoms with Gasteiger partial charge >= 0.3 is 0 Å². The van der Waals surface area contributed by atoms with Gasteiger partial charge in [-0.05, 0) is 11.6 Å². The Morgan fingerprint density at radius 2 is 1.95 bits per heavy atom. The summed E-state index contributed by atoms with van der Waals surface area (Å²) >= 11 is 0. The smallest absolute Gasteiger partial charge is 0.242 e. The Morgan fingerprint density at radius 3 is 2.53 bits per heavy atom. The molecule has 0 saturated carbocycles. The molecule has 5 nitrogen and oxygen atoms in total. The summed E-state index contributed by atoms with van der Waals surface area (Å²) in [5.74, 6) is 0. The number of hydrogen-bond donors (Lipinski definition) is 2.